The lowest BCUT2D eigenvalue weighted by molar-refractivity contribution is -0.121. The summed E-state index contributed by atoms with van der Waals surface area (Å²) in [5.74, 6) is -2.71. The first-order valence-corrected chi connectivity index (χ1v) is 5.46. The van der Waals surface area contributed by atoms with Gasteiger partial charge in [-0.05, 0) is 18.6 Å². The van der Waals surface area contributed by atoms with Gasteiger partial charge in [-0.25, -0.2) is 8.78 Å². The lowest BCUT2D eigenvalue weighted by atomic mass is 9.96. The summed E-state index contributed by atoms with van der Waals surface area (Å²) in [6.07, 6.45) is 0.301. The highest BCUT2D eigenvalue weighted by Crippen LogP contribution is 2.14. The predicted octanol–water partition coefficient (Wildman–Crippen LogP) is 3.15. The lowest BCUT2D eigenvalue weighted by Crippen LogP contribution is -2.16. The van der Waals surface area contributed by atoms with Crippen LogP contribution in [0.15, 0.2) is 18.2 Å². The fourth-order valence-corrected chi connectivity index (χ4v) is 1.37. The van der Waals surface area contributed by atoms with Crippen LogP contribution in [0.1, 0.15) is 37.0 Å². The van der Waals surface area contributed by atoms with Gasteiger partial charge in [-0.3, -0.25) is 9.59 Å². The maximum atomic E-state index is 13.3. The van der Waals surface area contributed by atoms with Crippen molar-refractivity contribution in [2.75, 3.05) is 0 Å². The van der Waals surface area contributed by atoms with Crippen molar-refractivity contribution in [3.8, 4) is 0 Å². The molecule has 0 aromatic heterocycles. The number of carbonyl (C=O) groups is 2. The van der Waals surface area contributed by atoms with Gasteiger partial charge >= 0.3 is 0 Å². The number of Topliss-reactive ketones (excluding diaryl/α,β-unsaturated/α-hetero) is 2. The van der Waals surface area contributed by atoms with Crippen molar-refractivity contribution in [2.45, 2.75) is 26.7 Å². The molecule has 1 unspecified atom stereocenters. The first-order valence-electron chi connectivity index (χ1n) is 5.46. The molecule has 0 saturated carbocycles. The molecule has 92 valence electrons. The molecule has 0 amide bonds. The minimum Gasteiger partial charge on any atom is -0.299 e. The maximum Gasteiger partial charge on any atom is 0.173 e. The third kappa shape index (κ3) is 3.44. The Morgan fingerprint density at radius 1 is 1.29 bits per heavy atom. The summed E-state index contributed by atoms with van der Waals surface area (Å²) in [5, 5.41) is 0. The molecule has 0 bridgehead atoms. The van der Waals surface area contributed by atoms with Crippen molar-refractivity contribution in [1.29, 1.82) is 0 Å². The number of halogens is 2. The molecular formula is C13H14F2O2. The lowest BCUT2D eigenvalue weighted by Gasteiger charge is -2.07. The normalized spacial score (nSPS) is 12.2. The van der Waals surface area contributed by atoms with E-state index in [4.69, 9.17) is 0 Å². The zero-order chi connectivity index (χ0) is 13.0. The Hall–Kier alpha value is -1.58. The molecule has 4 heteroatoms. The smallest absolute Gasteiger partial charge is 0.173 e. The summed E-state index contributed by atoms with van der Waals surface area (Å²) >= 11 is 0. The van der Waals surface area contributed by atoms with Crippen LogP contribution >= 0.6 is 0 Å². The Bertz CT molecular complexity index is 441. The first kappa shape index (κ1) is 13.5. The van der Waals surface area contributed by atoms with Crippen molar-refractivity contribution in [2.24, 2.45) is 5.92 Å². The van der Waals surface area contributed by atoms with Crippen LogP contribution in [0.25, 0.3) is 0 Å². The van der Waals surface area contributed by atoms with Gasteiger partial charge in [0.25, 0.3) is 0 Å². The van der Waals surface area contributed by atoms with E-state index in [0.717, 1.165) is 12.1 Å². The predicted molar refractivity (Wildman–Crippen MR) is 59.8 cm³/mol. The standard InChI is InChI=1S/C13H14F2O2/c1-3-8(2)12(16)7-13(17)10-5-4-9(14)6-11(10)15/h4-6,8H,3,7H2,1-2H3. The number of hydrogen-bond donors (Lipinski definition) is 0. The second kappa shape index (κ2) is 5.66. The Balaban J connectivity index is 2.80. The van der Waals surface area contributed by atoms with Gasteiger partial charge in [0.15, 0.2) is 5.78 Å². The molecule has 17 heavy (non-hydrogen) atoms. The molecule has 1 rings (SSSR count). The monoisotopic (exact) mass is 240 g/mol. The third-order valence-electron chi connectivity index (χ3n) is 2.73. The molecule has 0 saturated heterocycles. The number of ketones is 2. The SMILES string of the molecule is CCC(C)C(=O)CC(=O)c1ccc(F)cc1F. The van der Waals surface area contributed by atoms with Crippen molar-refractivity contribution in [1.82, 2.24) is 0 Å². The highest BCUT2D eigenvalue weighted by atomic mass is 19.1. The van der Waals surface area contributed by atoms with E-state index in [-0.39, 0.29) is 23.7 Å². The van der Waals surface area contributed by atoms with E-state index >= 15 is 0 Å². The van der Waals surface area contributed by atoms with E-state index in [1.807, 2.05) is 6.92 Å². The molecule has 0 aliphatic heterocycles. The summed E-state index contributed by atoms with van der Waals surface area (Å²) in [4.78, 5) is 23.1. The maximum absolute atomic E-state index is 13.3. The van der Waals surface area contributed by atoms with E-state index in [2.05, 4.69) is 0 Å². The van der Waals surface area contributed by atoms with Crippen molar-refractivity contribution >= 4 is 11.6 Å². The van der Waals surface area contributed by atoms with Crippen LogP contribution in [0, 0.1) is 17.6 Å². The summed E-state index contributed by atoms with van der Waals surface area (Å²) in [6.45, 7) is 3.56. The second-order valence-electron chi connectivity index (χ2n) is 4.00. The Morgan fingerprint density at radius 3 is 2.47 bits per heavy atom. The van der Waals surface area contributed by atoms with Crippen LogP contribution in [0.4, 0.5) is 8.78 Å². The van der Waals surface area contributed by atoms with Gasteiger partial charge in [-0.2, -0.15) is 0 Å². The number of rotatable bonds is 5. The summed E-state index contributed by atoms with van der Waals surface area (Å²) in [6, 6.07) is 2.71. The third-order valence-corrected chi connectivity index (χ3v) is 2.73. The van der Waals surface area contributed by atoms with Crippen LogP contribution in [-0.4, -0.2) is 11.6 Å². The van der Waals surface area contributed by atoms with Crippen LogP contribution in [0.3, 0.4) is 0 Å². The average molecular weight is 240 g/mol. The molecule has 1 atom stereocenters. The van der Waals surface area contributed by atoms with Gasteiger partial charge in [-0.15, -0.1) is 0 Å². The van der Waals surface area contributed by atoms with E-state index in [9.17, 15) is 18.4 Å². The summed E-state index contributed by atoms with van der Waals surface area (Å²) < 4.78 is 25.9. The summed E-state index contributed by atoms with van der Waals surface area (Å²) in [5.41, 5.74) is -0.233. The second-order valence-corrected chi connectivity index (χ2v) is 4.00. The zero-order valence-corrected chi connectivity index (χ0v) is 9.80. The Morgan fingerprint density at radius 2 is 1.94 bits per heavy atom. The van der Waals surface area contributed by atoms with Crippen molar-refractivity contribution in [3.05, 3.63) is 35.4 Å². The van der Waals surface area contributed by atoms with Crippen LogP contribution in [0.2, 0.25) is 0 Å². The molecule has 0 heterocycles. The topological polar surface area (TPSA) is 34.1 Å². The molecule has 0 spiro atoms. The van der Waals surface area contributed by atoms with Crippen LogP contribution < -0.4 is 0 Å². The minimum atomic E-state index is -0.924. The van der Waals surface area contributed by atoms with Crippen molar-refractivity contribution < 1.29 is 18.4 Å². The molecule has 0 aliphatic rings. The van der Waals surface area contributed by atoms with Gasteiger partial charge in [-0.1, -0.05) is 13.8 Å². The number of carbonyl (C=O) groups excluding carboxylic acids is 2. The Kier molecular flexibility index (Phi) is 4.49. The van der Waals surface area contributed by atoms with E-state index in [1.54, 1.807) is 6.92 Å². The number of benzene rings is 1. The largest absolute Gasteiger partial charge is 0.299 e. The van der Waals surface area contributed by atoms with E-state index < -0.39 is 17.4 Å². The fraction of sp³-hybridized carbons (Fsp3) is 0.385. The molecule has 0 N–H and O–H groups in total. The molecule has 0 radical (unpaired) electrons. The van der Waals surface area contributed by atoms with Crippen LogP contribution in [-0.2, 0) is 4.79 Å². The van der Waals surface area contributed by atoms with Gasteiger partial charge in [0, 0.05) is 12.0 Å². The first-order chi connectivity index (χ1) is 7.95. The highest BCUT2D eigenvalue weighted by molar-refractivity contribution is 6.08. The molecule has 0 fully saturated rings. The average Bonchev–Trinajstić information content (AvgIpc) is 2.27. The van der Waals surface area contributed by atoms with Gasteiger partial charge in [0.05, 0.1) is 12.0 Å². The van der Waals surface area contributed by atoms with Crippen LogP contribution in [0.5, 0.6) is 0 Å². The van der Waals surface area contributed by atoms with Gasteiger partial charge in [0.1, 0.15) is 17.4 Å². The molecular weight excluding hydrogens is 226 g/mol. The van der Waals surface area contributed by atoms with E-state index in [1.165, 1.54) is 0 Å². The molecule has 2 nitrogen and oxygen atoms in total. The quantitative estimate of drug-likeness (QED) is 0.585. The number of hydrogen-bond acceptors (Lipinski definition) is 2. The Labute approximate surface area is 98.6 Å². The zero-order valence-electron chi connectivity index (χ0n) is 9.80. The van der Waals surface area contributed by atoms with E-state index in [0.29, 0.717) is 12.5 Å². The summed E-state index contributed by atoms with van der Waals surface area (Å²) in [7, 11) is 0. The highest BCUT2D eigenvalue weighted by Gasteiger charge is 2.19. The molecule has 0 aliphatic carbocycles. The fourth-order valence-electron chi connectivity index (χ4n) is 1.37. The minimum absolute atomic E-state index is 0.220. The molecule has 1 aromatic rings. The van der Waals surface area contributed by atoms with Gasteiger partial charge < -0.3 is 0 Å². The van der Waals surface area contributed by atoms with Crippen molar-refractivity contribution in [3.63, 3.8) is 0 Å². The molecule has 1 aromatic carbocycles. The van der Waals surface area contributed by atoms with Gasteiger partial charge in [0.2, 0.25) is 0 Å².